The maximum Gasteiger partial charge on any atom is 0.251 e. The van der Waals surface area contributed by atoms with E-state index in [9.17, 15) is 9.59 Å². The van der Waals surface area contributed by atoms with Crippen molar-refractivity contribution in [1.29, 1.82) is 0 Å². The van der Waals surface area contributed by atoms with E-state index in [0.717, 1.165) is 32.9 Å². The minimum Gasteiger partial charge on any atom is -0.497 e. The number of benzene rings is 2. The van der Waals surface area contributed by atoms with E-state index in [1.54, 1.807) is 18.4 Å². The summed E-state index contributed by atoms with van der Waals surface area (Å²) in [6.07, 6.45) is 0.346. The fourth-order valence-electron chi connectivity index (χ4n) is 3.14. The summed E-state index contributed by atoms with van der Waals surface area (Å²) >= 11 is 1.56. The van der Waals surface area contributed by atoms with Gasteiger partial charge in [0.2, 0.25) is 0 Å². The summed E-state index contributed by atoms with van der Waals surface area (Å²) < 4.78 is 5.13. The molecule has 0 aliphatic heterocycles. The van der Waals surface area contributed by atoms with Gasteiger partial charge in [0, 0.05) is 29.0 Å². The van der Waals surface area contributed by atoms with E-state index in [4.69, 9.17) is 4.74 Å². The minimum atomic E-state index is -0.145. The Morgan fingerprint density at radius 1 is 1.12 bits per heavy atom. The van der Waals surface area contributed by atoms with Gasteiger partial charge in [0.15, 0.2) is 5.78 Å². The first kappa shape index (κ1) is 16.5. The Kier molecular flexibility index (Phi) is 4.31. The molecule has 26 heavy (non-hydrogen) atoms. The number of amides is 1. The molecule has 0 fully saturated rings. The quantitative estimate of drug-likeness (QED) is 0.759. The van der Waals surface area contributed by atoms with E-state index < -0.39 is 0 Å². The summed E-state index contributed by atoms with van der Waals surface area (Å²) in [5, 5.41) is 4.86. The molecule has 0 radical (unpaired) electrons. The molecule has 0 atom stereocenters. The molecule has 0 unspecified atom stereocenters. The van der Waals surface area contributed by atoms with E-state index in [-0.39, 0.29) is 11.7 Å². The lowest BCUT2D eigenvalue weighted by atomic mass is 9.89. The van der Waals surface area contributed by atoms with E-state index in [1.165, 1.54) is 0 Å². The number of hydrogen-bond acceptors (Lipinski definition) is 4. The normalized spacial score (nSPS) is 12.3. The van der Waals surface area contributed by atoms with Crippen LogP contribution in [-0.4, -0.2) is 18.8 Å². The van der Waals surface area contributed by atoms with Gasteiger partial charge in [-0.2, -0.15) is 0 Å². The van der Waals surface area contributed by atoms with E-state index >= 15 is 0 Å². The smallest absolute Gasteiger partial charge is 0.251 e. The third-order valence-corrected chi connectivity index (χ3v) is 5.49. The van der Waals surface area contributed by atoms with Gasteiger partial charge in [-0.05, 0) is 52.4 Å². The zero-order valence-corrected chi connectivity index (χ0v) is 15.1. The number of nitrogens with one attached hydrogen (secondary N) is 1. The van der Waals surface area contributed by atoms with Crippen molar-refractivity contribution in [3.8, 4) is 16.2 Å². The van der Waals surface area contributed by atoms with E-state index in [0.29, 0.717) is 18.5 Å². The van der Waals surface area contributed by atoms with Crippen LogP contribution < -0.4 is 10.1 Å². The lowest BCUT2D eigenvalue weighted by Crippen LogP contribution is -2.23. The van der Waals surface area contributed by atoms with Gasteiger partial charge >= 0.3 is 0 Å². The number of methoxy groups -OCH3 is 1. The lowest BCUT2D eigenvalue weighted by Gasteiger charge is -2.16. The molecule has 1 aliphatic carbocycles. The minimum absolute atomic E-state index is 0.115. The van der Waals surface area contributed by atoms with Gasteiger partial charge in [0.1, 0.15) is 5.75 Å². The largest absolute Gasteiger partial charge is 0.497 e. The SMILES string of the molecule is COc1ccc(CNC(=O)c2ccc3c(c2)CC(=O)c2ccsc2-3)cc1. The number of carbonyl (C=O) groups excluding carboxylic acids is 2. The molecule has 3 aromatic rings. The number of hydrogen-bond donors (Lipinski definition) is 1. The third kappa shape index (κ3) is 3.02. The molecule has 1 amide bonds. The summed E-state index contributed by atoms with van der Waals surface area (Å²) in [4.78, 5) is 25.7. The molecule has 1 aromatic heterocycles. The van der Waals surface area contributed by atoms with Crippen LogP contribution in [0.3, 0.4) is 0 Å². The second kappa shape index (κ2) is 6.77. The first-order valence-electron chi connectivity index (χ1n) is 8.31. The van der Waals surface area contributed by atoms with Gasteiger partial charge in [-0.15, -0.1) is 11.3 Å². The first-order chi connectivity index (χ1) is 12.7. The highest BCUT2D eigenvalue weighted by Crippen LogP contribution is 2.37. The van der Waals surface area contributed by atoms with Crippen LogP contribution in [0.4, 0.5) is 0 Å². The van der Waals surface area contributed by atoms with Crippen molar-refractivity contribution in [3.63, 3.8) is 0 Å². The summed E-state index contributed by atoms with van der Waals surface area (Å²) in [5.74, 6) is 0.755. The Morgan fingerprint density at radius 2 is 1.92 bits per heavy atom. The lowest BCUT2D eigenvalue weighted by molar-refractivity contribution is 0.0947. The number of thiophene rings is 1. The first-order valence-corrected chi connectivity index (χ1v) is 9.19. The topological polar surface area (TPSA) is 55.4 Å². The molecular formula is C21H17NO3S. The van der Waals surface area contributed by atoms with Crippen molar-refractivity contribution in [2.75, 3.05) is 7.11 Å². The molecule has 0 saturated heterocycles. The van der Waals surface area contributed by atoms with Crippen LogP contribution in [0.5, 0.6) is 5.75 Å². The van der Waals surface area contributed by atoms with Gasteiger partial charge in [0.05, 0.1) is 7.11 Å². The molecule has 1 N–H and O–H groups in total. The van der Waals surface area contributed by atoms with Crippen LogP contribution >= 0.6 is 11.3 Å². The van der Waals surface area contributed by atoms with E-state index in [1.807, 2.05) is 53.9 Å². The van der Waals surface area contributed by atoms with Crippen LogP contribution in [-0.2, 0) is 13.0 Å². The summed E-state index contributed by atoms with van der Waals surface area (Å²) in [6, 6.07) is 15.0. The van der Waals surface area contributed by atoms with Crippen molar-refractivity contribution in [3.05, 3.63) is 76.2 Å². The predicted octanol–water partition coefficient (Wildman–Crippen LogP) is 4.09. The van der Waals surface area contributed by atoms with Gasteiger partial charge in [-0.3, -0.25) is 9.59 Å². The van der Waals surface area contributed by atoms with Crippen molar-refractivity contribution < 1.29 is 14.3 Å². The molecule has 0 spiro atoms. The molecule has 130 valence electrons. The Morgan fingerprint density at radius 3 is 2.69 bits per heavy atom. The Balaban J connectivity index is 1.51. The Bertz CT molecular complexity index is 989. The second-order valence-electron chi connectivity index (χ2n) is 6.17. The molecule has 1 aliphatic rings. The second-order valence-corrected chi connectivity index (χ2v) is 7.08. The molecule has 2 aromatic carbocycles. The number of Topliss-reactive ketones (excluding diaryl/α,β-unsaturated/α-hetero) is 1. The molecule has 0 bridgehead atoms. The van der Waals surface area contributed by atoms with Crippen molar-refractivity contribution in [2.45, 2.75) is 13.0 Å². The fourth-order valence-corrected chi connectivity index (χ4v) is 4.11. The standard InChI is InChI=1S/C21H17NO3S/c1-25-16-5-2-13(3-6-16)12-22-21(24)14-4-7-17-15(10-14)11-19(23)18-8-9-26-20(17)18/h2-10H,11-12H2,1H3,(H,22,24). The van der Waals surface area contributed by atoms with Crippen molar-refractivity contribution in [2.24, 2.45) is 0 Å². The summed E-state index contributed by atoms with van der Waals surface area (Å²) in [6.45, 7) is 0.438. The highest BCUT2D eigenvalue weighted by molar-refractivity contribution is 7.14. The predicted molar refractivity (Wildman–Crippen MR) is 102 cm³/mol. The molecule has 4 nitrogen and oxygen atoms in total. The highest BCUT2D eigenvalue weighted by Gasteiger charge is 2.24. The zero-order chi connectivity index (χ0) is 18.1. The van der Waals surface area contributed by atoms with Crippen LogP contribution in [0.2, 0.25) is 0 Å². The Hall–Kier alpha value is -2.92. The van der Waals surface area contributed by atoms with Crippen LogP contribution in [0.15, 0.2) is 53.9 Å². The molecular weight excluding hydrogens is 346 g/mol. The Labute approximate surface area is 155 Å². The number of ketones is 1. The van der Waals surface area contributed by atoms with Crippen LogP contribution in [0.1, 0.15) is 31.8 Å². The highest BCUT2D eigenvalue weighted by atomic mass is 32.1. The maximum absolute atomic E-state index is 12.5. The zero-order valence-electron chi connectivity index (χ0n) is 14.2. The van der Waals surface area contributed by atoms with Crippen molar-refractivity contribution >= 4 is 23.0 Å². The molecule has 5 heteroatoms. The molecule has 0 saturated carbocycles. The van der Waals surface area contributed by atoms with Crippen LogP contribution in [0.25, 0.3) is 10.4 Å². The number of fused-ring (bicyclic) bond motifs is 3. The molecule has 1 heterocycles. The van der Waals surface area contributed by atoms with Gasteiger partial charge in [-0.25, -0.2) is 0 Å². The average molecular weight is 363 g/mol. The fraction of sp³-hybridized carbons (Fsp3) is 0.143. The van der Waals surface area contributed by atoms with Crippen molar-refractivity contribution in [1.82, 2.24) is 5.32 Å². The van der Waals surface area contributed by atoms with Crippen LogP contribution in [0, 0.1) is 0 Å². The van der Waals surface area contributed by atoms with Gasteiger partial charge in [0.25, 0.3) is 5.91 Å². The summed E-state index contributed by atoms with van der Waals surface area (Å²) in [7, 11) is 1.62. The summed E-state index contributed by atoms with van der Waals surface area (Å²) in [5.41, 5.74) is 4.34. The van der Waals surface area contributed by atoms with Gasteiger partial charge < -0.3 is 10.1 Å². The number of rotatable bonds is 4. The molecule has 4 rings (SSSR count). The number of ether oxygens (including phenoxy) is 1. The number of carbonyl (C=O) groups is 2. The van der Waals surface area contributed by atoms with E-state index in [2.05, 4.69) is 5.32 Å². The average Bonchev–Trinajstić information content (AvgIpc) is 3.17. The van der Waals surface area contributed by atoms with Gasteiger partial charge in [-0.1, -0.05) is 18.2 Å². The maximum atomic E-state index is 12.5. The third-order valence-electron chi connectivity index (χ3n) is 4.54. The monoisotopic (exact) mass is 363 g/mol.